The third-order valence-corrected chi connectivity index (χ3v) is 4.78. The zero-order chi connectivity index (χ0) is 21.0. The van der Waals surface area contributed by atoms with Crippen molar-refractivity contribution in [3.05, 3.63) is 82.1 Å². The highest BCUT2D eigenvalue weighted by atomic mass is 19.1. The molecule has 0 spiro atoms. The summed E-state index contributed by atoms with van der Waals surface area (Å²) in [6, 6.07) is 12.1. The lowest BCUT2D eigenvalue weighted by Crippen LogP contribution is -2.29. The number of nitrogens with zero attached hydrogens (tertiary/aromatic N) is 3. The first-order valence-corrected chi connectivity index (χ1v) is 9.06. The molecule has 3 rings (SSSR count). The summed E-state index contributed by atoms with van der Waals surface area (Å²) in [5.74, 6) is 0.0864. The van der Waals surface area contributed by atoms with Gasteiger partial charge in [0.15, 0.2) is 11.7 Å². The largest absolute Gasteiger partial charge is 0.441 e. The van der Waals surface area contributed by atoms with Crippen LogP contribution >= 0.6 is 0 Å². The van der Waals surface area contributed by atoms with Crippen LogP contribution in [0.4, 0.5) is 10.1 Å². The van der Waals surface area contributed by atoms with E-state index in [0.717, 1.165) is 0 Å². The number of aryl methyl sites for hydroxylation is 1. The lowest BCUT2D eigenvalue weighted by molar-refractivity contribution is -0.384. The molecule has 150 valence electrons. The van der Waals surface area contributed by atoms with E-state index in [4.69, 9.17) is 4.42 Å². The molecule has 0 radical (unpaired) electrons. The monoisotopic (exact) mass is 397 g/mol. The molecule has 1 unspecified atom stereocenters. The summed E-state index contributed by atoms with van der Waals surface area (Å²) in [6.07, 6.45) is 1.85. The summed E-state index contributed by atoms with van der Waals surface area (Å²) < 4.78 is 19.4. The third-order valence-electron chi connectivity index (χ3n) is 4.78. The van der Waals surface area contributed by atoms with Crippen LogP contribution < -0.4 is 0 Å². The highest BCUT2D eigenvalue weighted by Crippen LogP contribution is 2.25. The SMILES string of the molecule is CC(c1cccc([N+](=O)[O-])c1)N(C)C(=O)CCc1ncc(-c2ccccc2F)o1. The van der Waals surface area contributed by atoms with Gasteiger partial charge in [0, 0.05) is 32.0 Å². The Morgan fingerprint density at radius 2 is 2.03 bits per heavy atom. The van der Waals surface area contributed by atoms with Gasteiger partial charge < -0.3 is 9.32 Å². The van der Waals surface area contributed by atoms with E-state index < -0.39 is 10.7 Å². The lowest BCUT2D eigenvalue weighted by atomic mass is 10.1. The number of nitro groups is 1. The van der Waals surface area contributed by atoms with Crippen molar-refractivity contribution in [2.24, 2.45) is 0 Å². The fourth-order valence-corrected chi connectivity index (χ4v) is 2.94. The number of benzene rings is 2. The van der Waals surface area contributed by atoms with Crippen molar-refractivity contribution in [3.8, 4) is 11.3 Å². The zero-order valence-corrected chi connectivity index (χ0v) is 16.0. The molecule has 8 heteroatoms. The van der Waals surface area contributed by atoms with E-state index in [1.165, 1.54) is 29.3 Å². The molecule has 0 saturated carbocycles. The first-order chi connectivity index (χ1) is 13.9. The molecular weight excluding hydrogens is 377 g/mol. The number of halogens is 1. The topological polar surface area (TPSA) is 89.5 Å². The molecule has 0 saturated heterocycles. The Morgan fingerprint density at radius 3 is 2.76 bits per heavy atom. The van der Waals surface area contributed by atoms with Crippen molar-refractivity contribution < 1.29 is 18.5 Å². The molecule has 1 amide bonds. The summed E-state index contributed by atoms with van der Waals surface area (Å²) in [4.78, 5) is 28.7. The lowest BCUT2D eigenvalue weighted by Gasteiger charge is -2.25. The Labute approximate surface area is 166 Å². The molecule has 0 aliphatic carbocycles. The smallest absolute Gasteiger partial charge is 0.269 e. The first kappa shape index (κ1) is 20.2. The van der Waals surface area contributed by atoms with Crippen molar-refractivity contribution in [3.63, 3.8) is 0 Å². The van der Waals surface area contributed by atoms with Crippen LogP contribution in [-0.4, -0.2) is 27.8 Å². The van der Waals surface area contributed by atoms with E-state index in [0.29, 0.717) is 22.8 Å². The van der Waals surface area contributed by atoms with E-state index in [-0.39, 0.29) is 30.5 Å². The molecule has 29 heavy (non-hydrogen) atoms. The molecular formula is C21H20FN3O4. The van der Waals surface area contributed by atoms with Gasteiger partial charge in [-0.25, -0.2) is 9.37 Å². The van der Waals surface area contributed by atoms with Crippen molar-refractivity contribution >= 4 is 11.6 Å². The second-order valence-electron chi connectivity index (χ2n) is 6.63. The summed E-state index contributed by atoms with van der Waals surface area (Å²) >= 11 is 0. The maximum atomic E-state index is 13.8. The number of non-ortho nitro benzene ring substituents is 1. The van der Waals surface area contributed by atoms with Gasteiger partial charge in [-0.15, -0.1) is 0 Å². The van der Waals surface area contributed by atoms with Gasteiger partial charge in [0.25, 0.3) is 5.69 Å². The number of oxazole rings is 1. The minimum Gasteiger partial charge on any atom is -0.441 e. The predicted octanol–water partition coefficient (Wildman–Crippen LogP) is 4.54. The van der Waals surface area contributed by atoms with Gasteiger partial charge in [-0.1, -0.05) is 24.3 Å². The van der Waals surface area contributed by atoms with Gasteiger partial charge >= 0.3 is 0 Å². The number of carbonyl (C=O) groups is 1. The van der Waals surface area contributed by atoms with Crippen LogP contribution in [-0.2, 0) is 11.2 Å². The summed E-state index contributed by atoms with van der Waals surface area (Å²) in [6.45, 7) is 1.80. The highest BCUT2D eigenvalue weighted by molar-refractivity contribution is 5.76. The van der Waals surface area contributed by atoms with Crippen LogP contribution in [0, 0.1) is 15.9 Å². The Kier molecular flexibility index (Phi) is 6.01. The number of hydrogen-bond donors (Lipinski definition) is 0. The maximum absolute atomic E-state index is 13.8. The fraction of sp³-hybridized carbons (Fsp3) is 0.238. The molecule has 7 nitrogen and oxygen atoms in total. The number of amides is 1. The van der Waals surface area contributed by atoms with Crippen molar-refractivity contribution in [2.45, 2.75) is 25.8 Å². The van der Waals surface area contributed by atoms with E-state index >= 15 is 0 Å². The van der Waals surface area contributed by atoms with E-state index in [9.17, 15) is 19.3 Å². The molecule has 0 aliphatic heterocycles. The van der Waals surface area contributed by atoms with Crippen molar-refractivity contribution in [1.29, 1.82) is 0 Å². The zero-order valence-electron chi connectivity index (χ0n) is 16.0. The Bertz CT molecular complexity index is 1030. The average molecular weight is 397 g/mol. The molecule has 0 bridgehead atoms. The number of carbonyl (C=O) groups excluding carboxylic acids is 1. The van der Waals surface area contributed by atoms with Crippen LogP contribution in [0.1, 0.15) is 30.8 Å². The van der Waals surface area contributed by atoms with Gasteiger partial charge in [0.05, 0.1) is 22.7 Å². The van der Waals surface area contributed by atoms with E-state index in [2.05, 4.69) is 4.98 Å². The Morgan fingerprint density at radius 1 is 1.28 bits per heavy atom. The quantitative estimate of drug-likeness (QED) is 0.431. The molecule has 1 aromatic heterocycles. The molecule has 2 aromatic carbocycles. The molecule has 1 atom stereocenters. The maximum Gasteiger partial charge on any atom is 0.269 e. The van der Waals surface area contributed by atoms with Gasteiger partial charge in [-0.05, 0) is 24.6 Å². The molecule has 0 fully saturated rings. The van der Waals surface area contributed by atoms with Crippen LogP contribution in [0.2, 0.25) is 0 Å². The van der Waals surface area contributed by atoms with Crippen LogP contribution in [0.15, 0.2) is 59.1 Å². The van der Waals surface area contributed by atoms with Crippen LogP contribution in [0.5, 0.6) is 0 Å². The average Bonchev–Trinajstić information content (AvgIpc) is 3.20. The minimum absolute atomic E-state index is 0.0179. The number of hydrogen-bond acceptors (Lipinski definition) is 5. The normalized spacial score (nSPS) is 11.8. The second-order valence-corrected chi connectivity index (χ2v) is 6.63. The molecule has 1 heterocycles. The van der Waals surface area contributed by atoms with Gasteiger partial charge in [0.1, 0.15) is 5.82 Å². The molecule has 0 N–H and O–H groups in total. The fourth-order valence-electron chi connectivity index (χ4n) is 2.94. The van der Waals surface area contributed by atoms with Gasteiger partial charge in [-0.2, -0.15) is 0 Å². The van der Waals surface area contributed by atoms with E-state index in [1.807, 2.05) is 0 Å². The standard InChI is InChI=1S/C21H20FN3O4/c1-14(15-6-5-7-16(12-15)25(27)28)24(2)21(26)11-10-20-23-13-19(29-20)17-8-3-4-9-18(17)22/h3-9,12-14H,10-11H2,1-2H3. The summed E-state index contributed by atoms with van der Waals surface area (Å²) in [5, 5.41) is 10.9. The minimum atomic E-state index is -0.465. The Hall–Kier alpha value is -3.55. The van der Waals surface area contributed by atoms with Gasteiger partial charge in [-0.3, -0.25) is 14.9 Å². The predicted molar refractivity (Wildman–Crippen MR) is 104 cm³/mol. The van der Waals surface area contributed by atoms with Crippen LogP contribution in [0.3, 0.4) is 0 Å². The first-order valence-electron chi connectivity index (χ1n) is 9.06. The number of rotatable bonds is 7. The third kappa shape index (κ3) is 4.66. The molecule has 0 aliphatic rings. The van der Waals surface area contributed by atoms with Crippen molar-refractivity contribution in [2.75, 3.05) is 7.05 Å². The highest BCUT2D eigenvalue weighted by Gasteiger charge is 2.20. The summed E-state index contributed by atoms with van der Waals surface area (Å²) in [5.41, 5.74) is 0.970. The Balaban J connectivity index is 1.63. The van der Waals surface area contributed by atoms with Gasteiger partial charge in [0.2, 0.25) is 5.91 Å². The number of nitro benzene ring substituents is 1. The molecule has 3 aromatic rings. The van der Waals surface area contributed by atoms with Crippen LogP contribution in [0.25, 0.3) is 11.3 Å². The second kappa shape index (κ2) is 8.64. The summed E-state index contributed by atoms with van der Waals surface area (Å²) in [7, 11) is 1.65. The number of aromatic nitrogens is 1. The van der Waals surface area contributed by atoms with Crippen molar-refractivity contribution in [1.82, 2.24) is 9.88 Å². The van der Waals surface area contributed by atoms with E-state index in [1.54, 1.807) is 44.3 Å².